The van der Waals surface area contributed by atoms with Gasteiger partial charge in [0.15, 0.2) is 6.61 Å². The molecule has 1 saturated heterocycles. The van der Waals surface area contributed by atoms with Crippen LogP contribution >= 0.6 is 0 Å². The van der Waals surface area contributed by atoms with Gasteiger partial charge in [0.2, 0.25) is 5.88 Å². The molecule has 0 unspecified atom stereocenters. The van der Waals surface area contributed by atoms with E-state index in [0.29, 0.717) is 31.8 Å². The molecule has 0 bridgehead atoms. The normalized spacial score (nSPS) is 15.7. The lowest BCUT2D eigenvalue weighted by Crippen LogP contribution is -2.41. The number of nitrogens with zero attached hydrogens (tertiary/aromatic N) is 4. The highest BCUT2D eigenvalue weighted by Gasteiger charge is 2.40. The van der Waals surface area contributed by atoms with Crippen LogP contribution in [-0.4, -0.2) is 51.2 Å². The number of hydrogen-bond donors (Lipinski definition) is 0. The first kappa shape index (κ1) is 26.6. The lowest BCUT2D eigenvalue weighted by atomic mass is 9.89. The molecule has 3 heterocycles. The molecule has 12 heteroatoms. The van der Waals surface area contributed by atoms with Gasteiger partial charge in [0.25, 0.3) is 0 Å². The standard InChI is InChI=1S/C23H27F5N4O3/c1-14-29-12-16(22(24,25)13-34-18-7-5-6-17(31-18)23(26,27)28)19(30-14)15-8-10-32(11-9-15)20(33)35-21(2,3)4/h5-7,12,15H,8-11,13H2,1-4H3. The Morgan fingerprint density at radius 3 is 2.34 bits per heavy atom. The molecule has 0 saturated carbocycles. The molecule has 0 N–H and O–H groups in total. The molecule has 0 radical (unpaired) electrons. The van der Waals surface area contributed by atoms with Crippen molar-refractivity contribution in [3.05, 3.63) is 47.2 Å². The number of ether oxygens (including phenoxy) is 2. The first-order valence-electron chi connectivity index (χ1n) is 11.0. The minimum atomic E-state index is -4.73. The lowest BCUT2D eigenvalue weighted by Gasteiger charge is -2.34. The summed E-state index contributed by atoms with van der Waals surface area (Å²) in [7, 11) is 0. The largest absolute Gasteiger partial charge is 0.471 e. The number of carbonyl (C=O) groups excluding carboxylic acids is 1. The zero-order chi connectivity index (χ0) is 26.0. The van der Waals surface area contributed by atoms with Gasteiger partial charge in [0, 0.05) is 31.3 Å². The highest BCUT2D eigenvalue weighted by molar-refractivity contribution is 5.68. The smallest absolute Gasteiger partial charge is 0.433 e. The van der Waals surface area contributed by atoms with Gasteiger partial charge >= 0.3 is 18.2 Å². The second-order valence-corrected chi connectivity index (χ2v) is 9.31. The van der Waals surface area contributed by atoms with Crippen molar-refractivity contribution in [2.45, 2.75) is 64.2 Å². The third-order valence-electron chi connectivity index (χ3n) is 5.28. The van der Waals surface area contributed by atoms with Crippen LogP contribution in [0.4, 0.5) is 26.7 Å². The molecule has 35 heavy (non-hydrogen) atoms. The maximum Gasteiger partial charge on any atom is 0.433 e. The molecule has 1 amide bonds. The second kappa shape index (κ2) is 9.90. The van der Waals surface area contributed by atoms with Crippen molar-refractivity contribution >= 4 is 6.09 Å². The molecule has 0 spiro atoms. The molecule has 1 fully saturated rings. The van der Waals surface area contributed by atoms with Gasteiger partial charge in [-0.2, -0.15) is 22.0 Å². The Morgan fingerprint density at radius 2 is 1.74 bits per heavy atom. The van der Waals surface area contributed by atoms with E-state index in [9.17, 15) is 18.0 Å². The summed E-state index contributed by atoms with van der Waals surface area (Å²) < 4.78 is 79.2. The van der Waals surface area contributed by atoms with Gasteiger partial charge in [0.05, 0.1) is 11.3 Å². The van der Waals surface area contributed by atoms with Crippen molar-refractivity contribution in [2.75, 3.05) is 19.7 Å². The van der Waals surface area contributed by atoms with E-state index in [2.05, 4.69) is 15.0 Å². The molecule has 1 aliphatic rings. The number of carbonyl (C=O) groups is 1. The van der Waals surface area contributed by atoms with E-state index in [1.807, 2.05) is 0 Å². The van der Waals surface area contributed by atoms with E-state index in [1.165, 1.54) is 4.90 Å². The summed E-state index contributed by atoms with van der Waals surface area (Å²) in [6.07, 6.45) is -3.42. The van der Waals surface area contributed by atoms with Gasteiger partial charge in [-0.25, -0.2) is 19.7 Å². The van der Waals surface area contributed by atoms with Crippen LogP contribution in [0, 0.1) is 6.92 Å². The van der Waals surface area contributed by atoms with Crippen molar-refractivity contribution in [1.29, 1.82) is 0 Å². The van der Waals surface area contributed by atoms with Gasteiger partial charge in [-0.05, 0) is 46.6 Å². The van der Waals surface area contributed by atoms with E-state index in [1.54, 1.807) is 27.7 Å². The molecule has 2 aromatic rings. The van der Waals surface area contributed by atoms with Crippen LogP contribution in [0.2, 0.25) is 0 Å². The fraction of sp³-hybridized carbons (Fsp3) is 0.565. The van der Waals surface area contributed by atoms with Crippen LogP contribution in [0.25, 0.3) is 0 Å². The topological polar surface area (TPSA) is 77.4 Å². The molecule has 3 rings (SSSR count). The number of halogens is 5. The van der Waals surface area contributed by atoms with Crippen molar-refractivity contribution in [2.24, 2.45) is 0 Å². The van der Waals surface area contributed by atoms with Crippen molar-refractivity contribution < 1.29 is 36.2 Å². The average molecular weight is 502 g/mol. The Hall–Kier alpha value is -3.05. The highest BCUT2D eigenvalue weighted by Crippen LogP contribution is 2.37. The summed E-state index contributed by atoms with van der Waals surface area (Å²) in [4.78, 5) is 25.2. The van der Waals surface area contributed by atoms with Crippen molar-refractivity contribution in [1.82, 2.24) is 19.9 Å². The summed E-state index contributed by atoms with van der Waals surface area (Å²) in [6.45, 7) is 6.21. The maximum atomic E-state index is 15.2. The zero-order valence-electron chi connectivity index (χ0n) is 19.8. The number of aryl methyl sites for hydroxylation is 1. The Kier molecular flexibility index (Phi) is 7.51. The van der Waals surface area contributed by atoms with Crippen LogP contribution in [0.3, 0.4) is 0 Å². The van der Waals surface area contributed by atoms with Crippen LogP contribution < -0.4 is 4.74 Å². The third-order valence-corrected chi connectivity index (χ3v) is 5.28. The molecule has 0 aromatic carbocycles. The summed E-state index contributed by atoms with van der Waals surface area (Å²) in [6, 6.07) is 2.83. The quantitative estimate of drug-likeness (QED) is 0.504. The van der Waals surface area contributed by atoms with E-state index in [0.717, 1.165) is 24.4 Å². The average Bonchev–Trinajstić information content (AvgIpc) is 2.76. The number of aromatic nitrogens is 3. The number of rotatable bonds is 5. The number of piperidine rings is 1. The molecule has 0 aliphatic carbocycles. The molecule has 0 atom stereocenters. The summed E-state index contributed by atoms with van der Waals surface area (Å²) in [5.74, 6) is -4.24. The number of amides is 1. The van der Waals surface area contributed by atoms with Gasteiger partial charge < -0.3 is 14.4 Å². The van der Waals surface area contributed by atoms with Crippen molar-refractivity contribution in [3.8, 4) is 5.88 Å². The predicted molar refractivity (Wildman–Crippen MR) is 115 cm³/mol. The summed E-state index contributed by atoms with van der Waals surface area (Å²) in [5.41, 5.74) is -2.23. The molecular formula is C23H27F5N4O3. The Bertz CT molecular complexity index is 1050. The minimum Gasteiger partial charge on any atom is -0.471 e. The number of alkyl halides is 5. The van der Waals surface area contributed by atoms with Crippen molar-refractivity contribution in [3.63, 3.8) is 0 Å². The van der Waals surface area contributed by atoms with Gasteiger partial charge in [-0.1, -0.05) is 6.07 Å². The SMILES string of the molecule is Cc1ncc(C(F)(F)COc2cccc(C(F)(F)F)n2)c(C2CCN(C(=O)OC(C)(C)C)CC2)n1. The summed E-state index contributed by atoms with van der Waals surface area (Å²) in [5, 5.41) is 0. The Morgan fingerprint density at radius 1 is 1.09 bits per heavy atom. The third kappa shape index (κ3) is 6.98. The summed E-state index contributed by atoms with van der Waals surface area (Å²) >= 11 is 0. The molecular weight excluding hydrogens is 475 g/mol. The van der Waals surface area contributed by atoms with Crippen LogP contribution in [0.1, 0.15) is 62.3 Å². The highest BCUT2D eigenvalue weighted by atomic mass is 19.4. The first-order chi connectivity index (χ1) is 16.2. The number of likely N-dealkylation sites (tertiary alicyclic amines) is 1. The number of pyridine rings is 1. The molecule has 192 valence electrons. The van der Waals surface area contributed by atoms with E-state index >= 15 is 8.78 Å². The van der Waals surface area contributed by atoms with Crippen LogP contribution in [-0.2, 0) is 16.8 Å². The fourth-order valence-electron chi connectivity index (χ4n) is 3.64. The van der Waals surface area contributed by atoms with E-state index in [4.69, 9.17) is 9.47 Å². The zero-order valence-corrected chi connectivity index (χ0v) is 19.8. The van der Waals surface area contributed by atoms with Crippen LogP contribution in [0.15, 0.2) is 24.4 Å². The monoisotopic (exact) mass is 502 g/mol. The molecule has 1 aliphatic heterocycles. The molecule has 2 aromatic heterocycles. The van der Waals surface area contributed by atoms with Crippen LogP contribution in [0.5, 0.6) is 5.88 Å². The predicted octanol–water partition coefficient (Wildman–Crippen LogP) is 5.48. The fourth-order valence-corrected chi connectivity index (χ4v) is 3.64. The Labute approximate surface area is 199 Å². The van der Waals surface area contributed by atoms with E-state index < -0.39 is 47.5 Å². The first-order valence-corrected chi connectivity index (χ1v) is 11.0. The Balaban J connectivity index is 1.74. The molecule has 7 nitrogen and oxygen atoms in total. The number of hydrogen-bond acceptors (Lipinski definition) is 6. The minimum absolute atomic E-state index is 0.131. The second-order valence-electron chi connectivity index (χ2n) is 9.31. The van der Waals surface area contributed by atoms with E-state index in [-0.39, 0.29) is 11.6 Å². The van der Waals surface area contributed by atoms with Gasteiger partial charge in [0.1, 0.15) is 17.1 Å². The van der Waals surface area contributed by atoms with Gasteiger partial charge in [-0.15, -0.1) is 0 Å². The van der Waals surface area contributed by atoms with Gasteiger partial charge in [-0.3, -0.25) is 0 Å². The lowest BCUT2D eigenvalue weighted by molar-refractivity contribution is -0.141. The maximum absolute atomic E-state index is 15.2.